The molecule has 144 valence electrons. The van der Waals surface area contributed by atoms with Crippen molar-refractivity contribution < 1.29 is 18.7 Å². The Hall–Kier alpha value is -2.90. The largest absolute Gasteiger partial charge is 0.444 e. The Bertz CT molecular complexity index is 868. The molecule has 0 aliphatic carbocycles. The van der Waals surface area contributed by atoms with Crippen LogP contribution in [-0.2, 0) is 24.8 Å². The molecular formula is C19H23FN4O3. The molecular weight excluding hydrogens is 351 g/mol. The van der Waals surface area contributed by atoms with Crippen LogP contribution in [0.15, 0.2) is 24.3 Å². The molecule has 1 N–H and O–H groups in total. The maximum absolute atomic E-state index is 13.0. The molecule has 0 atom stereocenters. The number of benzene rings is 1. The maximum atomic E-state index is 13.0. The smallest absolute Gasteiger partial charge is 0.410 e. The summed E-state index contributed by atoms with van der Waals surface area (Å²) in [6.07, 6.45) is 0.126. The number of rotatable bonds is 2. The van der Waals surface area contributed by atoms with Crippen molar-refractivity contribution in [1.29, 1.82) is 0 Å². The summed E-state index contributed by atoms with van der Waals surface area (Å²) in [5.74, 6) is -0.727. The first-order valence-corrected chi connectivity index (χ1v) is 8.73. The molecule has 0 saturated carbocycles. The molecule has 2 amide bonds. The molecule has 0 saturated heterocycles. The van der Waals surface area contributed by atoms with Gasteiger partial charge in [0.25, 0.3) is 5.91 Å². The molecule has 0 fully saturated rings. The van der Waals surface area contributed by atoms with E-state index in [0.717, 1.165) is 11.3 Å². The fraction of sp³-hybridized carbons (Fsp3) is 0.421. The lowest BCUT2D eigenvalue weighted by molar-refractivity contribution is 0.0219. The number of fused-ring (bicyclic) bond motifs is 1. The van der Waals surface area contributed by atoms with E-state index in [2.05, 4.69) is 10.4 Å². The quantitative estimate of drug-likeness (QED) is 0.876. The van der Waals surface area contributed by atoms with Crippen LogP contribution in [0.1, 0.15) is 42.5 Å². The van der Waals surface area contributed by atoms with E-state index in [1.54, 1.807) is 16.6 Å². The minimum absolute atomic E-state index is 0.320. The van der Waals surface area contributed by atoms with E-state index >= 15 is 0 Å². The van der Waals surface area contributed by atoms with Crippen molar-refractivity contribution in [3.05, 3.63) is 47.0 Å². The molecule has 0 bridgehead atoms. The number of aromatic nitrogens is 2. The molecule has 0 unspecified atom stereocenters. The number of amides is 2. The Morgan fingerprint density at radius 2 is 1.89 bits per heavy atom. The number of carbonyl (C=O) groups is 2. The average Bonchev–Trinajstić information content (AvgIpc) is 2.92. The number of hydrogen-bond acceptors (Lipinski definition) is 4. The predicted molar refractivity (Wildman–Crippen MR) is 97.9 cm³/mol. The van der Waals surface area contributed by atoms with Crippen LogP contribution in [0.2, 0.25) is 0 Å². The van der Waals surface area contributed by atoms with E-state index in [1.165, 1.54) is 24.3 Å². The first-order chi connectivity index (χ1) is 12.6. The highest BCUT2D eigenvalue weighted by Gasteiger charge is 2.31. The zero-order valence-corrected chi connectivity index (χ0v) is 15.9. The molecule has 2 heterocycles. The molecule has 27 heavy (non-hydrogen) atoms. The highest BCUT2D eigenvalue weighted by molar-refractivity contribution is 6.04. The fourth-order valence-corrected chi connectivity index (χ4v) is 2.96. The number of ether oxygens (including phenoxy) is 1. The van der Waals surface area contributed by atoms with Gasteiger partial charge in [0.1, 0.15) is 11.4 Å². The van der Waals surface area contributed by atoms with Crippen LogP contribution in [0.4, 0.5) is 14.9 Å². The zero-order valence-electron chi connectivity index (χ0n) is 15.9. The Balaban J connectivity index is 1.76. The number of nitrogens with one attached hydrogen (secondary N) is 1. The summed E-state index contributed by atoms with van der Waals surface area (Å²) >= 11 is 0. The van der Waals surface area contributed by atoms with Gasteiger partial charge in [-0.25, -0.2) is 9.18 Å². The van der Waals surface area contributed by atoms with E-state index in [0.29, 0.717) is 30.9 Å². The molecule has 8 heteroatoms. The number of carbonyl (C=O) groups excluding carboxylic acids is 2. The Labute approximate surface area is 157 Å². The Morgan fingerprint density at radius 1 is 1.22 bits per heavy atom. The van der Waals surface area contributed by atoms with Gasteiger partial charge >= 0.3 is 6.09 Å². The predicted octanol–water partition coefficient (Wildman–Crippen LogP) is 3.10. The first-order valence-electron chi connectivity index (χ1n) is 8.73. The molecule has 7 nitrogen and oxygen atoms in total. The van der Waals surface area contributed by atoms with E-state index < -0.39 is 5.60 Å². The van der Waals surface area contributed by atoms with Crippen LogP contribution in [0.25, 0.3) is 0 Å². The monoisotopic (exact) mass is 374 g/mol. The normalized spacial score (nSPS) is 13.9. The van der Waals surface area contributed by atoms with Crippen molar-refractivity contribution in [3.63, 3.8) is 0 Å². The van der Waals surface area contributed by atoms with Crippen LogP contribution < -0.4 is 5.32 Å². The van der Waals surface area contributed by atoms with Gasteiger partial charge in [-0.05, 0) is 51.5 Å². The van der Waals surface area contributed by atoms with E-state index in [9.17, 15) is 14.0 Å². The molecule has 0 radical (unpaired) electrons. The van der Waals surface area contributed by atoms with Crippen LogP contribution in [0.3, 0.4) is 0 Å². The summed E-state index contributed by atoms with van der Waals surface area (Å²) in [6.45, 7) is 6.24. The number of hydrogen-bond donors (Lipinski definition) is 1. The summed E-state index contributed by atoms with van der Waals surface area (Å²) in [5.41, 5.74) is 1.87. The second-order valence-electron chi connectivity index (χ2n) is 7.51. The zero-order chi connectivity index (χ0) is 19.8. The standard InChI is InChI=1S/C19H23FN4O3/c1-19(2,3)27-18(26)24-10-9-14-15(11-24)23(4)22-16(14)17(25)21-13-7-5-12(20)6-8-13/h5-8H,9-11H2,1-4H3,(H,21,25). The van der Waals surface area contributed by atoms with Gasteiger partial charge in [-0.15, -0.1) is 0 Å². The van der Waals surface area contributed by atoms with Gasteiger partial charge in [-0.1, -0.05) is 0 Å². The van der Waals surface area contributed by atoms with Crippen LogP contribution in [0, 0.1) is 5.82 Å². The molecule has 1 aromatic heterocycles. The molecule has 1 aliphatic rings. The summed E-state index contributed by atoms with van der Waals surface area (Å²) in [6, 6.07) is 5.55. The van der Waals surface area contributed by atoms with E-state index in [4.69, 9.17) is 4.74 Å². The van der Waals surface area contributed by atoms with Crippen molar-refractivity contribution in [2.45, 2.75) is 39.3 Å². The van der Waals surface area contributed by atoms with Gasteiger partial charge in [-0.3, -0.25) is 9.48 Å². The third-order valence-corrected chi connectivity index (χ3v) is 4.22. The van der Waals surface area contributed by atoms with Crippen LogP contribution in [-0.4, -0.2) is 38.8 Å². The highest BCUT2D eigenvalue weighted by Crippen LogP contribution is 2.24. The number of aryl methyl sites for hydroxylation is 1. The van der Waals surface area contributed by atoms with E-state index in [1.807, 2.05) is 20.8 Å². The lowest BCUT2D eigenvalue weighted by atomic mass is 10.0. The number of nitrogens with zero attached hydrogens (tertiary/aromatic N) is 3. The fourth-order valence-electron chi connectivity index (χ4n) is 2.96. The minimum atomic E-state index is -0.565. The number of halogens is 1. The van der Waals surface area contributed by atoms with Crippen molar-refractivity contribution >= 4 is 17.7 Å². The Kier molecular flexibility index (Phi) is 4.91. The summed E-state index contributed by atoms with van der Waals surface area (Å²) < 4.78 is 20.0. The van der Waals surface area contributed by atoms with Gasteiger partial charge in [0.15, 0.2) is 5.69 Å². The molecule has 1 aliphatic heterocycles. The average molecular weight is 374 g/mol. The van der Waals surface area contributed by atoms with Gasteiger partial charge in [0.2, 0.25) is 0 Å². The van der Waals surface area contributed by atoms with Crippen LogP contribution >= 0.6 is 0 Å². The Morgan fingerprint density at radius 3 is 2.52 bits per heavy atom. The van der Waals surface area contributed by atoms with Gasteiger partial charge < -0.3 is 15.0 Å². The number of anilines is 1. The van der Waals surface area contributed by atoms with Gasteiger partial charge in [0, 0.05) is 24.8 Å². The summed E-state index contributed by atoms with van der Waals surface area (Å²) in [5, 5.41) is 7.05. The van der Waals surface area contributed by atoms with Crippen molar-refractivity contribution in [3.8, 4) is 0 Å². The second-order valence-corrected chi connectivity index (χ2v) is 7.51. The third-order valence-electron chi connectivity index (χ3n) is 4.22. The first kappa shape index (κ1) is 18.9. The SMILES string of the molecule is Cn1nc(C(=O)Nc2ccc(F)cc2)c2c1CN(C(=O)OC(C)(C)C)CC2. The summed E-state index contributed by atoms with van der Waals surface area (Å²) in [7, 11) is 1.74. The van der Waals surface area contributed by atoms with Crippen molar-refractivity contribution in [1.82, 2.24) is 14.7 Å². The lowest BCUT2D eigenvalue weighted by Gasteiger charge is -2.30. The lowest BCUT2D eigenvalue weighted by Crippen LogP contribution is -2.40. The van der Waals surface area contributed by atoms with Gasteiger partial charge in [-0.2, -0.15) is 5.10 Å². The van der Waals surface area contributed by atoms with Gasteiger partial charge in [0.05, 0.1) is 12.2 Å². The molecule has 2 aromatic rings. The summed E-state index contributed by atoms with van der Waals surface area (Å²) in [4.78, 5) is 26.5. The topological polar surface area (TPSA) is 76.5 Å². The molecule has 0 spiro atoms. The second kappa shape index (κ2) is 7.02. The minimum Gasteiger partial charge on any atom is -0.444 e. The highest BCUT2D eigenvalue weighted by atomic mass is 19.1. The molecule has 1 aromatic carbocycles. The molecule has 3 rings (SSSR count). The third kappa shape index (κ3) is 4.27. The maximum Gasteiger partial charge on any atom is 0.410 e. The van der Waals surface area contributed by atoms with Crippen molar-refractivity contribution in [2.24, 2.45) is 7.05 Å². The van der Waals surface area contributed by atoms with Crippen molar-refractivity contribution in [2.75, 3.05) is 11.9 Å². The van der Waals surface area contributed by atoms with Crippen LogP contribution in [0.5, 0.6) is 0 Å². The van der Waals surface area contributed by atoms with E-state index in [-0.39, 0.29) is 17.8 Å².